The SMILES string of the molecule is COC[C@H](C)NC(=O)CN(c1ccc(C)cc1)S(=O)(=O)c1ccc(C)cc1. The van der Waals surface area contributed by atoms with Crippen LogP contribution in [0.1, 0.15) is 18.1 Å². The van der Waals surface area contributed by atoms with Gasteiger partial charge in [0.05, 0.1) is 17.2 Å². The highest BCUT2D eigenvalue weighted by Crippen LogP contribution is 2.24. The normalized spacial score (nSPS) is 12.4. The monoisotopic (exact) mass is 390 g/mol. The lowest BCUT2D eigenvalue weighted by Crippen LogP contribution is -2.44. The minimum Gasteiger partial charge on any atom is -0.383 e. The van der Waals surface area contributed by atoms with Gasteiger partial charge in [0.2, 0.25) is 5.91 Å². The highest BCUT2D eigenvalue weighted by Gasteiger charge is 2.27. The molecule has 0 saturated carbocycles. The van der Waals surface area contributed by atoms with Crippen LogP contribution in [-0.2, 0) is 19.6 Å². The predicted molar refractivity (Wildman–Crippen MR) is 106 cm³/mol. The van der Waals surface area contributed by atoms with E-state index in [-0.39, 0.29) is 17.5 Å². The maximum absolute atomic E-state index is 13.2. The van der Waals surface area contributed by atoms with Gasteiger partial charge in [-0.3, -0.25) is 9.10 Å². The third-order valence-electron chi connectivity index (χ3n) is 4.04. The number of hydrogen-bond acceptors (Lipinski definition) is 4. The van der Waals surface area contributed by atoms with E-state index in [4.69, 9.17) is 4.74 Å². The second-order valence-corrected chi connectivity index (χ2v) is 8.45. The van der Waals surface area contributed by atoms with Crippen LogP contribution in [0.25, 0.3) is 0 Å². The topological polar surface area (TPSA) is 75.7 Å². The summed E-state index contributed by atoms with van der Waals surface area (Å²) in [6.07, 6.45) is 0. The van der Waals surface area contributed by atoms with Crippen molar-refractivity contribution < 1.29 is 17.9 Å². The van der Waals surface area contributed by atoms with Crippen LogP contribution in [0.4, 0.5) is 5.69 Å². The van der Waals surface area contributed by atoms with Crippen molar-refractivity contribution >= 4 is 21.6 Å². The second kappa shape index (κ2) is 9.01. The number of ether oxygens (including phenoxy) is 1. The van der Waals surface area contributed by atoms with E-state index in [0.29, 0.717) is 12.3 Å². The molecule has 146 valence electrons. The van der Waals surface area contributed by atoms with Crippen LogP contribution in [0.5, 0.6) is 0 Å². The van der Waals surface area contributed by atoms with Gasteiger partial charge in [-0.05, 0) is 45.0 Å². The Hall–Kier alpha value is -2.38. The van der Waals surface area contributed by atoms with E-state index >= 15 is 0 Å². The Bertz CT molecular complexity index is 862. The summed E-state index contributed by atoms with van der Waals surface area (Å²) in [7, 11) is -2.34. The lowest BCUT2D eigenvalue weighted by Gasteiger charge is -2.25. The minimum absolute atomic E-state index is 0.145. The number of carbonyl (C=O) groups is 1. The van der Waals surface area contributed by atoms with E-state index in [0.717, 1.165) is 15.4 Å². The molecule has 1 amide bonds. The maximum Gasteiger partial charge on any atom is 0.264 e. The molecule has 0 fully saturated rings. The first-order chi connectivity index (χ1) is 12.7. The molecule has 0 aliphatic heterocycles. The zero-order chi connectivity index (χ0) is 20.0. The summed E-state index contributed by atoms with van der Waals surface area (Å²) in [6.45, 7) is 5.64. The van der Waals surface area contributed by atoms with Gasteiger partial charge >= 0.3 is 0 Å². The first kappa shape index (κ1) is 20.9. The lowest BCUT2D eigenvalue weighted by molar-refractivity contribution is -0.120. The fourth-order valence-electron chi connectivity index (χ4n) is 2.61. The van der Waals surface area contributed by atoms with E-state index in [1.807, 2.05) is 26.0 Å². The zero-order valence-corrected chi connectivity index (χ0v) is 16.9. The van der Waals surface area contributed by atoms with Crippen LogP contribution < -0.4 is 9.62 Å². The molecule has 1 atom stereocenters. The number of hydrogen-bond donors (Lipinski definition) is 1. The summed E-state index contributed by atoms with van der Waals surface area (Å²) in [6, 6.07) is 13.4. The number of sulfonamides is 1. The summed E-state index contributed by atoms with van der Waals surface area (Å²) in [4.78, 5) is 12.6. The van der Waals surface area contributed by atoms with Gasteiger partial charge in [-0.1, -0.05) is 35.4 Å². The summed E-state index contributed by atoms with van der Waals surface area (Å²) < 4.78 is 32.5. The van der Waals surface area contributed by atoms with Crippen molar-refractivity contribution in [2.24, 2.45) is 0 Å². The molecule has 0 aromatic heterocycles. The first-order valence-corrected chi connectivity index (χ1v) is 10.1. The van der Waals surface area contributed by atoms with Gasteiger partial charge in [0.25, 0.3) is 10.0 Å². The number of anilines is 1. The number of nitrogens with zero attached hydrogens (tertiary/aromatic N) is 1. The number of nitrogens with one attached hydrogen (secondary N) is 1. The van der Waals surface area contributed by atoms with Crippen LogP contribution in [0, 0.1) is 13.8 Å². The molecule has 0 unspecified atom stereocenters. The Kier molecular flexibility index (Phi) is 6.98. The molecule has 2 aromatic carbocycles. The lowest BCUT2D eigenvalue weighted by atomic mass is 10.2. The molecule has 27 heavy (non-hydrogen) atoms. The highest BCUT2D eigenvalue weighted by molar-refractivity contribution is 7.92. The third kappa shape index (κ3) is 5.55. The molecular weight excluding hydrogens is 364 g/mol. The molecular formula is C20H26N2O4S. The molecule has 0 bridgehead atoms. The van der Waals surface area contributed by atoms with E-state index in [1.54, 1.807) is 50.4 Å². The maximum atomic E-state index is 13.2. The van der Waals surface area contributed by atoms with Crippen LogP contribution >= 0.6 is 0 Å². The van der Waals surface area contributed by atoms with Gasteiger partial charge in [0, 0.05) is 13.2 Å². The van der Waals surface area contributed by atoms with Crippen molar-refractivity contribution in [2.45, 2.75) is 31.7 Å². The Labute approximate surface area is 161 Å². The fourth-order valence-corrected chi connectivity index (χ4v) is 4.03. The number of methoxy groups -OCH3 is 1. The van der Waals surface area contributed by atoms with E-state index in [2.05, 4.69) is 5.32 Å². The summed E-state index contributed by atoms with van der Waals surface area (Å²) >= 11 is 0. The average Bonchev–Trinajstić information content (AvgIpc) is 2.61. The van der Waals surface area contributed by atoms with Gasteiger partial charge in [-0.2, -0.15) is 0 Å². The van der Waals surface area contributed by atoms with Crippen molar-refractivity contribution in [3.63, 3.8) is 0 Å². The van der Waals surface area contributed by atoms with Gasteiger partial charge in [0.1, 0.15) is 6.54 Å². The highest BCUT2D eigenvalue weighted by atomic mass is 32.2. The van der Waals surface area contributed by atoms with Crippen molar-refractivity contribution in [3.8, 4) is 0 Å². The Morgan fingerprint density at radius 3 is 2.07 bits per heavy atom. The van der Waals surface area contributed by atoms with E-state index in [9.17, 15) is 13.2 Å². The summed E-state index contributed by atoms with van der Waals surface area (Å²) in [5, 5.41) is 2.76. The Morgan fingerprint density at radius 2 is 1.56 bits per heavy atom. The van der Waals surface area contributed by atoms with Crippen molar-refractivity contribution in [1.82, 2.24) is 5.32 Å². The molecule has 2 aromatic rings. The van der Waals surface area contributed by atoms with Gasteiger partial charge in [-0.15, -0.1) is 0 Å². The molecule has 0 aliphatic rings. The second-order valence-electron chi connectivity index (χ2n) is 6.58. The van der Waals surface area contributed by atoms with Crippen LogP contribution in [-0.4, -0.2) is 40.6 Å². The molecule has 0 spiro atoms. The third-order valence-corrected chi connectivity index (χ3v) is 5.83. The van der Waals surface area contributed by atoms with Crippen molar-refractivity contribution in [1.29, 1.82) is 0 Å². The predicted octanol–water partition coefficient (Wildman–Crippen LogP) is 2.65. The summed E-state index contributed by atoms with van der Waals surface area (Å²) in [5.41, 5.74) is 2.40. The van der Waals surface area contributed by atoms with Crippen LogP contribution in [0.15, 0.2) is 53.4 Å². The number of amides is 1. The molecule has 0 saturated heterocycles. The van der Waals surface area contributed by atoms with E-state index < -0.39 is 15.9 Å². The first-order valence-electron chi connectivity index (χ1n) is 8.68. The van der Waals surface area contributed by atoms with Crippen LogP contribution in [0.3, 0.4) is 0 Å². The molecule has 1 N–H and O–H groups in total. The number of benzene rings is 2. The Balaban J connectivity index is 2.36. The molecule has 0 aliphatic carbocycles. The molecule has 2 rings (SSSR count). The van der Waals surface area contributed by atoms with Gasteiger partial charge in [0.15, 0.2) is 0 Å². The van der Waals surface area contributed by atoms with Gasteiger partial charge in [-0.25, -0.2) is 8.42 Å². The standard InChI is InChI=1S/C20H26N2O4S/c1-15-5-9-18(10-6-15)22(13-20(23)21-17(3)14-26-4)27(24,25)19-11-7-16(2)8-12-19/h5-12,17H,13-14H2,1-4H3,(H,21,23)/t17-/m0/s1. The molecule has 7 heteroatoms. The Morgan fingerprint density at radius 1 is 1.04 bits per heavy atom. The zero-order valence-electron chi connectivity index (χ0n) is 16.1. The molecule has 0 heterocycles. The van der Waals surface area contributed by atoms with Gasteiger partial charge < -0.3 is 10.1 Å². The summed E-state index contributed by atoms with van der Waals surface area (Å²) in [5.74, 6) is -0.393. The smallest absolute Gasteiger partial charge is 0.264 e. The van der Waals surface area contributed by atoms with E-state index in [1.165, 1.54) is 0 Å². The fraction of sp³-hybridized carbons (Fsp3) is 0.350. The number of aryl methyl sites for hydroxylation is 2. The number of carbonyl (C=O) groups excluding carboxylic acids is 1. The van der Waals surface area contributed by atoms with Crippen molar-refractivity contribution in [3.05, 3.63) is 59.7 Å². The molecule has 0 radical (unpaired) electrons. The molecule has 6 nitrogen and oxygen atoms in total. The average molecular weight is 391 g/mol. The van der Waals surface area contributed by atoms with Crippen LogP contribution in [0.2, 0.25) is 0 Å². The minimum atomic E-state index is -3.89. The quantitative estimate of drug-likeness (QED) is 0.752. The van der Waals surface area contributed by atoms with Crippen molar-refractivity contribution in [2.75, 3.05) is 24.6 Å². The number of rotatable bonds is 8. The largest absolute Gasteiger partial charge is 0.383 e.